The number of halogens is 2. The van der Waals surface area contributed by atoms with Gasteiger partial charge in [0.2, 0.25) is 5.95 Å². The van der Waals surface area contributed by atoms with Crippen LogP contribution in [0.15, 0.2) is 27.8 Å². The van der Waals surface area contributed by atoms with Gasteiger partial charge in [0.15, 0.2) is 11.2 Å². The molecule has 1 aromatic carbocycles. The van der Waals surface area contributed by atoms with Crippen molar-refractivity contribution in [3.63, 3.8) is 0 Å². The van der Waals surface area contributed by atoms with E-state index >= 15 is 0 Å². The van der Waals surface area contributed by atoms with Gasteiger partial charge in [-0.05, 0) is 31.5 Å². The third-order valence-electron chi connectivity index (χ3n) is 5.35. The standard InChI is InChI=1S/C20H23Cl2N5O3/c1-11-8-26(9-12(2)30-11)19-23-17-16(18(28)25(4)20(29)24(17)3)27(19)10-13-5-6-14(21)15(22)7-13/h5-7,11-12H,8-10H2,1-4H3/t11-,12-/m0/s1. The Labute approximate surface area is 183 Å². The Hall–Kier alpha value is -2.29. The molecule has 30 heavy (non-hydrogen) atoms. The summed E-state index contributed by atoms with van der Waals surface area (Å²) in [6.45, 7) is 5.62. The van der Waals surface area contributed by atoms with Crippen LogP contribution in [0, 0.1) is 0 Å². The first-order valence-corrected chi connectivity index (χ1v) is 10.4. The summed E-state index contributed by atoms with van der Waals surface area (Å²) >= 11 is 12.3. The van der Waals surface area contributed by atoms with Crippen molar-refractivity contribution >= 4 is 40.3 Å². The Morgan fingerprint density at radius 2 is 1.73 bits per heavy atom. The minimum absolute atomic E-state index is 0.0126. The van der Waals surface area contributed by atoms with E-state index in [1.165, 1.54) is 11.6 Å². The summed E-state index contributed by atoms with van der Waals surface area (Å²) in [6, 6.07) is 5.36. The molecule has 3 heterocycles. The number of aromatic nitrogens is 4. The molecular formula is C20H23Cl2N5O3. The quantitative estimate of drug-likeness (QED) is 0.610. The van der Waals surface area contributed by atoms with Gasteiger partial charge in [-0.2, -0.15) is 4.98 Å². The second-order valence-corrected chi connectivity index (χ2v) is 8.60. The number of hydrogen-bond acceptors (Lipinski definition) is 5. The van der Waals surface area contributed by atoms with E-state index in [2.05, 4.69) is 4.90 Å². The molecule has 3 aromatic rings. The van der Waals surface area contributed by atoms with Crippen molar-refractivity contribution in [3.8, 4) is 0 Å². The van der Waals surface area contributed by atoms with Gasteiger partial charge in [0, 0.05) is 27.2 Å². The maximum absolute atomic E-state index is 13.1. The second-order valence-electron chi connectivity index (χ2n) is 7.79. The molecule has 10 heteroatoms. The highest BCUT2D eigenvalue weighted by atomic mass is 35.5. The maximum Gasteiger partial charge on any atom is 0.332 e. The first-order valence-electron chi connectivity index (χ1n) is 9.68. The molecule has 0 amide bonds. The Morgan fingerprint density at radius 1 is 1.07 bits per heavy atom. The summed E-state index contributed by atoms with van der Waals surface area (Å²) in [6.07, 6.45) is 0.0253. The lowest BCUT2D eigenvalue weighted by atomic mass is 10.2. The van der Waals surface area contributed by atoms with Gasteiger partial charge in [0.1, 0.15) is 0 Å². The second kappa shape index (κ2) is 7.76. The Morgan fingerprint density at radius 3 is 2.37 bits per heavy atom. The number of rotatable bonds is 3. The molecule has 2 aromatic heterocycles. The molecule has 1 saturated heterocycles. The molecule has 1 aliphatic heterocycles. The molecule has 2 atom stereocenters. The van der Waals surface area contributed by atoms with Crippen LogP contribution in [0.5, 0.6) is 0 Å². The monoisotopic (exact) mass is 451 g/mol. The zero-order chi connectivity index (χ0) is 21.7. The van der Waals surface area contributed by atoms with Crippen LogP contribution in [0.2, 0.25) is 10.0 Å². The van der Waals surface area contributed by atoms with E-state index < -0.39 is 5.69 Å². The van der Waals surface area contributed by atoms with Gasteiger partial charge in [-0.3, -0.25) is 18.5 Å². The zero-order valence-electron chi connectivity index (χ0n) is 17.2. The molecule has 8 nitrogen and oxygen atoms in total. The van der Waals surface area contributed by atoms with Crippen molar-refractivity contribution in [1.29, 1.82) is 0 Å². The molecule has 0 aliphatic carbocycles. The van der Waals surface area contributed by atoms with Gasteiger partial charge in [0.25, 0.3) is 5.56 Å². The van der Waals surface area contributed by atoms with E-state index in [4.69, 9.17) is 32.9 Å². The van der Waals surface area contributed by atoms with Crippen molar-refractivity contribution in [2.75, 3.05) is 18.0 Å². The molecular weight excluding hydrogens is 429 g/mol. The van der Waals surface area contributed by atoms with Gasteiger partial charge >= 0.3 is 5.69 Å². The highest BCUT2D eigenvalue weighted by Gasteiger charge is 2.28. The molecule has 0 bridgehead atoms. The molecule has 0 unspecified atom stereocenters. The van der Waals surface area contributed by atoms with Crippen LogP contribution in [0.1, 0.15) is 19.4 Å². The number of ether oxygens (including phenoxy) is 1. The summed E-state index contributed by atoms with van der Waals surface area (Å²) in [4.78, 5) is 32.3. The number of nitrogens with zero attached hydrogens (tertiary/aromatic N) is 5. The van der Waals surface area contributed by atoms with Crippen molar-refractivity contribution in [3.05, 3.63) is 54.6 Å². The number of anilines is 1. The summed E-state index contributed by atoms with van der Waals surface area (Å²) < 4.78 is 10.2. The molecule has 1 fully saturated rings. The summed E-state index contributed by atoms with van der Waals surface area (Å²) in [7, 11) is 3.09. The number of benzene rings is 1. The smallest absolute Gasteiger partial charge is 0.332 e. The minimum Gasteiger partial charge on any atom is -0.372 e. The number of fused-ring (bicyclic) bond motifs is 1. The van der Waals surface area contributed by atoms with E-state index in [9.17, 15) is 9.59 Å². The van der Waals surface area contributed by atoms with Crippen molar-refractivity contribution in [2.24, 2.45) is 14.1 Å². The summed E-state index contributed by atoms with van der Waals surface area (Å²) in [5.74, 6) is 0.622. The first-order chi connectivity index (χ1) is 14.2. The van der Waals surface area contributed by atoms with Crippen LogP contribution in [-0.2, 0) is 25.4 Å². The van der Waals surface area contributed by atoms with Gasteiger partial charge in [-0.15, -0.1) is 0 Å². The lowest BCUT2D eigenvalue weighted by Crippen LogP contribution is -2.46. The topological polar surface area (TPSA) is 74.3 Å². The molecule has 0 N–H and O–H groups in total. The van der Waals surface area contributed by atoms with E-state index in [1.807, 2.05) is 24.5 Å². The molecule has 1 aliphatic rings. The van der Waals surface area contributed by atoms with E-state index in [0.717, 1.165) is 10.1 Å². The predicted octanol–water partition coefficient (Wildman–Crippen LogP) is 2.40. The lowest BCUT2D eigenvalue weighted by molar-refractivity contribution is -0.00585. The largest absolute Gasteiger partial charge is 0.372 e. The molecule has 0 spiro atoms. The Kier molecular flexibility index (Phi) is 5.42. The summed E-state index contributed by atoms with van der Waals surface area (Å²) in [5, 5.41) is 0.902. The molecule has 4 rings (SSSR count). The van der Waals surface area contributed by atoms with E-state index in [-0.39, 0.29) is 17.8 Å². The Bertz CT molecular complexity index is 1240. The zero-order valence-corrected chi connectivity index (χ0v) is 18.7. The van der Waals surface area contributed by atoms with Crippen LogP contribution in [0.25, 0.3) is 11.2 Å². The van der Waals surface area contributed by atoms with Crippen molar-refractivity contribution in [1.82, 2.24) is 18.7 Å². The third kappa shape index (κ3) is 3.53. The fourth-order valence-corrected chi connectivity index (χ4v) is 4.31. The van der Waals surface area contributed by atoms with E-state index in [1.54, 1.807) is 19.2 Å². The number of imidazole rings is 1. The van der Waals surface area contributed by atoms with Crippen LogP contribution in [-0.4, -0.2) is 44.0 Å². The van der Waals surface area contributed by atoms with E-state index in [0.29, 0.717) is 46.8 Å². The number of aryl methyl sites for hydroxylation is 1. The fraction of sp³-hybridized carbons (Fsp3) is 0.450. The van der Waals surface area contributed by atoms with Crippen LogP contribution in [0.3, 0.4) is 0 Å². The molecule has 0 saturated carbocycles. The first kappa shape index (κ1) is 21.0. The van der Waals surface area contributed by atoms with Crippen molar-refractivity contribution < 1.29 is 4.74 Å². The summed E-state index contributed by atoms with van der Waals surface area (Å²) in [5.41, 5.74) is 0.788. The SMILES string of the molecule is C[C@H]1CN(c2nc3c(c(=O)n(C)c(=O)n3C)n2Cc2ccc(Cl)c(Cl)c2)C[C@H](C)O1. The fourth-order valence-electron chi connectivity index (χ4n) is 3.99. The average molecular weight is 452 g/mol. The highest BCUT2D eigenvalue weighted by molar-refractivity contribution is 6.42. The van der Waals surface area contributed by atoms with Crippen LogP contribution in [0.4, 0.5) is 5.95 Å². The van der Waals surface area contributed by atoms with Gasteiger partial charge in [-0.25, -0.2) is 4.79 Å². The normalized spacial score (nSPS) is 19.6. The molecule has 0 radical (unpaired) electrons. The van der Waals surface area contributed by atoms with Crippen LogP contribution < -0.4 is 16.1 Å². The van der Waals surface area contributed by atoms with Crippen LogP contribution >= 0.6 is 23.2 Å². The van der Waals surface area contributed by atoms with Gasteiger partial charge < -0.3 is 9.64 Å². The lowest BCUT2D eigenvalue weighted by Gasteiger charge is -2.36. The minimum atomic E-state index is -0.415. The maximum atomic E-state index is 13.1. The number of hydrogen-bond donors (Lipinski definition) is 0. The van der Waals surface area contributed by atoms with Crippen molar-refractivity contribution in [2.45, 2.75) is 32.6 Å². The third-order valence-corrected chi connectivity index (χ3v) is 6.09. The number of morpholine rings is 1. The average Bonchev–Trinajstić information content (AvgIpc) is 3.06. The Balaban J connectivity index is 1.95. The predicted molar refractivity (Wildman–Crippen MR) is 118 cm³/mol. The van der Waals surface area contributed by atoms with Gasteiger partial charge in [0.05, 0.1) is 28.8 Å². The highest BCUT2D eigenvalue weighted by Crippen LogP contribution is 2.27. The van der Waals surface area contributed by atoms with Gasteiger partial charge in [-0.1, -0.05) is 29.3 Å². The molecule has 160 valence electrons.